The monoisotopic (exact) mass is 373 g/mol. The first-order valence-electron chi connectivity index (χ1n) is 6.93. The number of rotatable bonds is 7. The number of anilines is 1. The Kier molecular flexibility index (Phi) is 10.5. The Hall–Kier alpha value is -2.02. The fourth-order valence-corrected chi connectivity index (χ4v) is 1.74. The van der Waals surface area contributed by atoms with Gasteiger partial charge in [0, 0.05) is 19.0 Å². The van der Waals surface area contributed by atoms with E-state index in [1.54, 1.807) is 44.6 Å². The Morgan fingerprint density at radius 2 is 1.75 bits per heavy atom. The molecule has 132 valence electrons. The van der Waals surface area contributed by atoms with E-state index in [2.05, 4.69) is 15.6 Å². The lowest BCUT2D eigenvalue weighted by atomic mass is 10.3. The van der Waals surface area contributed by atoms with Gasteiger partial charge in [0.05, 0.1) is 19.0 Å². The Morgan fingerprint density at radius 1 is 1.08 bits per heavy atom. The minimum atomic E-state index is -0.0556. The molecule has 0 fully saturated rings. The van der Waals surface area contributed by atoms with Crippen LogP contribution in [0.3, 0.4) is 0 Å². The van der Waals surface area contributed by atoms with Gasteiger partial charge in [-0.05, 0) is 37.4 Å². The van der Waals surface area contributed by atoms with Crippen LogP contribution >= 0.6 is 24.8 Å². The van der Waals surface area contributed by atoms with Crippen LogP contribution < -0.4 is 20.1 Å². The van der Waals surface area contributed by atoms with Crippen LogP contribution in [-0.4, -0.2) is 31.6 Å². The smallest absolute Gasteiger partial charge is 0.225 e. The number of amides is 1. The topological polar surface area (TPSA) is 72.5 Å². The Balaban J connectivity index is 0.00000264. The lowest BCUT2D eigenvalue weighted by Gasteiger charge is -2.07. The average molecular weight is 374 g/mol. The summed E-state index contributed by atoms with van der Waals surface area (Å²) in [6.07, 6.45) is 1.98. The predicted molar refractivity (Wildman–Crippen MR) is 99.0 cm³/mol. The number of nitrogens with zero attached hydrogens (tertiary/aromatic N) is 1. The summed E-state index contributed by atoms with van der Waals surface area (Å²) in [5.74, 6) is 1.83. The van der Waals surface area contributed by atoms with Gasteiger partial charge in [0.2, 0.25) is 11.8 Å². The van der Waals surface area contributed by atoms with E-state index in [1.807, 2.05) is 12.1 Å². The van der Waals surface area contributed by atoms with Crippen LogP contribution in [0.1, 0.15) is 6.42 Å². The summed E-state index contributed by atoms with van der Waals surface area (Å²) in [4.78, 5) is 15.8. The quantitative estimate of drug-likeness (QED) is 0.778. The van der Waals surface area contributed by atoms with Crippen molar-refractivity contribution in [1.82, 2.24) is 10.3 Å². The number of methoxy groups -OCH3 is 1. The molecule has 2 rings (SSSR count). The van der Waals surface area contributed by atoms with Gasteiger partial charge in [-0.2, -0.15) is 0 Å². The van der Waals surface area contributed by atoms with Gasteiger partial charge in [0.15, 0.2) is 0 Å². The van der Waals surface area contributed by atoms with Gasteiger partial charge in [0.25, 0.3) is 0 Å². The zero-order chi connectivity index (χ0) is 15.8. The molecule has 2 aromatic rings. The molecule has 8 heteroatoms. The van der Waals surface area contributed by atoms with Crippen molar-refractivity contribution >= 4 is 36.4 Å². The molecule has 1 heterocycles. The maximum atomic E-state index is 11.6. The number of nitrogens with one attached hydrogen (secondary N) is 2. The van der Waals surface area contributed by atoms with Crippen LogP contribution in [0.15, 0.2) is 42.6 Å². The third-order valence-corrected chi connectivity index (χ3v) is 2.90. The number of hydrogen-bond acceptors (Lipinski definition) is 5. The Bertz CT molecular complexity index is 607. The number of hydrogen-bond donors (Lipinski definition) is 2. The van der Waals surface area contributed by atoms with Crippen molar-refractivity contribution in [1.29, 1.82) is 0 Å². The molecule has 1 amide bonds. The standard InChI is InChI=1S/C16H19N3O3.2ClH/c1-17-10-9-15(20)19-12-3-8-16(18-11-12)22-14-6-4-13(21-2)5-7-14;;/h3-8,11,17H,9-10H2,1-2H3,(H,19,20);2*1H. The van der Waals surface area contributed by atoms with Crippen molar-refractivity contribution < 1.29 is 14.3 Å². The molecule has 0 saturated carbocycles. The summed E-state index contributed by atoms with van der Waals surface area (Å²) in [7, 11) is 3.42. The zero-order valence-corrected chi connectivity index (χ0v) is 15.1. The summed E-state index contributed by atoms with van der Waals surface area (Å²) in [6.45, 7) is 0.637. The largest absolute Gasteiger partial charge is 0.497 e. The maximum absolute atomic E-state index is 11.6. The van der Waals surface area contributed by atoms with Crippen LogP contribution in [0.2, 0.25) is 0 Å². The molecule has 6 nitrogen and oxygen atoms in total. The van der Waals surface area contributed by atoms with Crippen molar-refractivity contribution in [2.24, 2.45) is 0 Å². The molecular formula is C16H21Cl2N3O3. The number of carbonyl (C=O) groups excluding carboxylic acids is 1. The van der Waals surface area contributed by atoms with E-state index < -0.39 is 0 Å². The molecule has 1 aromatic carbocycles. The highest BCUT2D eigenvalue weighted by Gasteiger charge is 2.03. The first-order chi connectivity index (χ1) is 10.7. The molecule has 0 unspecified atom stereocenters. The van der Waals surface area contributed by atoms with Crippen LogP contribution in [0.25, 0.3) is 0 Å². The van der Waals surface area contributed by atoms with Gasteiger partial charge in [-0.15, -0.1) is 24.8 Å². The van der Waals surface area contributed by atoms with E-state index in [9.17, 15) is 4.79 Å². The summed E-state index contributed by atoms with van der Waals surface area (Å²) in [5.41, 5.74) is 0.642. The fourth-order valence-electron chi connectivity index (χ4n) is 1.74. The number of pyridine rings is 1. The fraction of sp³-hybridized carbons (Fsp3) is 0.250. The molecule has 0 aliphatic carbocycles. The van der Waals surface area contributed by atoms with Gasteiger partial charge < -0.3 is 20.1 Å². The second-order valence-corrected chi connectivity index (χ2v) is 4.56. The average Bonchev–Trinajstić information content (AvgIpc) is 2.55. The molecule has 0 aliphatic rings. The molecular weight excluding hydrogens is 353 g/mol. The van der Waals surface area contributed by atoms with E-state index in [-0.39, 0.29) is 30.7 Å². The van der Waals surface area contributed by atoms with Crippen LogP contribution in [0.4, 0.5) is 5.69 Å². The third kappa shape index (κ3) is 7.04. The van der Waals surface area contributed by atoms with E-state index in [0.29, 0.717) is 30.3 Å². The van der Waals surface area contributed by atoms with Crippen molar-refractivity contribution in [3.05, 3.63) is 42.6 Å². The third-order valence-electron chi connectivity index (χ3n) is 2.90. The molecule has 0 aliphatic heterocycles. The van der Waals surface area contributed by atoms with E-state index in [4.69, 9.17) is 9.47 Å². The summed E-state index contributed by atoms with van der Waals surface area (Å²) >= 11 is 0. The van der Waals surface area contributed by atoms with Gasteiger partial charge in [-0.3, -0.25) is 4.79 Å². The molecule has 0 bridgehead atoms. The van der Waals surface area contributed by atoms with E-state index in [0.717, 1.165) is 5.75 Å². The van der Waals surface area contributed by atoms with Crippen molar-refractivity contribution in [2.75, 3.05) is 26.0 Å². The normalized spacial score (nSPS) is 9.25. The van der Waals surface area contributed by atoms with Crippen molar-refractivity contribution in [3.63, 3.8) is 0 Å². The Labute approximate surface area is 153 Å². The molecule has 1 aromatic heterocycles. The highest BCUT2D eigenvalue weighted by atomic mass is 35.5. The SMILES string of the molecule is CNCCC(=O)Nc1ccc(Oc2ccc(OC)cc2)nc1.Cl.Cl. The predicted octanol–water partition coefficient (Wildman–Crippen LogP) is 3.27. The van der Waals surface area contributed by atoms with Gasteiger partial charge >= 0.3 is 0 Å². The van der Waals surface area contributed by atoms with E-state index >= 15 is 0 Å². The molecule has 0 radical (unpaired) electrons. The molecule has 0 saturated heterocycles. The lowest BCUT2D eigenvalue weighted by Crippen LogP contribution is -2.18. The van der Waals surface area contributed by atoms with Gasteiger partial charge in [-0.1, -0.05) is 0 Å². The number of aromatic nitrogens is 1. The van der Waals surface area contributed by atoms with Crippen LogP contribution in [0, 0.1) is 0 Å². The van der Waals surface area contributed by atoms with Crippen LogP contribution in [0.5, 0.6) is 17.4 Å². The highest BCUT2D eigenvalue weighted by Crippen LogP contribution is 2.23. The van der Waals surface area contributed by atoms with Crippen molar-refractivity contribution in [2.45, 2.75) is 6.42 Å². The summed E-state index contributed by atoms with van der Waals surface area (Å²) in [5, 5.41) is 5.69. The molecule has 2 N–H and O–H groups in total. The molecule has 0 atom stereocenters. The van der Waals surface area contributed by atoms with Crippen LogP contribution in [-0.2, 0) is 4.79 Å². The van der Waals surface area contributed by atoms with E-state index in [1.165, 1.54) is 0 Å². The Morgan fingerprint density at radius 3 is 2.29 bits per heavy atom. The molecule has 24 heavy (non-hydrogen) atoms. The van der Waals surface area contributed by atoms with Crippen molar-refractivity contribution in [3.8, 4) is 17.4 Å². The van der Waals surface area contributed by atoms with Gasteiger partial charge in [-0.25, -0.2) is 4.98 Å². The second-order valence-electron chi connectivity index (χ2n) is 4.56. The molecule has 0 spiro atoms. The van der Waals surface area contributed by atoms with Gasteiger partial charge in [0.1, 0.15) is 11.5 Å². The highest BCUT2D eigenvalue weighted by molar-refractivity contribution is 5.90. The first kappa shape index (κ1) is 22.0. The number of carbonyl (C=O) groups is 1. The minimum absolute atomic E-state index is 0. The summed E-state index contributed by atoms with van der Waals surface area (Å²) in [6, 6.07) is 10.7. The maximum Gasteiger partial charge on any atom is 0.225 e. The summed E-state index contributed by atoms with van der Waals surface area (Å²) < 4.78 is 10.7. The number of ether oxygens (including phenoxy) is 2. The lowest BCUT2D eigenvalue weighted by molar-refractivity contribution is -0.116. The second kappa shape index (κ2) is 11.5. The number of halogens is 2. The number of benzene rings is 1. The minimum Gasteiger partial charge on any atom is -0.497 e. The first-order valence-corrected chi connectivity index (χ1v) is 6.93. The zero-order valence-electron chi connectivity index (χ0n) is 13.4.